The second-order valence-corrected chi connectivity index (χ2v) is 4.41. The number of rotatable bonds is 4. The predicted octanol–water partition coefficient (Wildman–Crippen LogP) is 1.35. The van der Waals surface area contributed by atoms with Crippen molar-refractivity contribution in [1.82, 2.24) is 0 Å². The maximum atomic E-state index is 11.1. The molecule has 0 aliphatic carbocycles. The van der Waals surface area contributed by atoms with Crippen LogP contribution >= 0.6 is 0 Å². The standard InChI is InChI=1S/C11H20NO2/c1-10(2)11(13)14-9-8-12(3)6-4-5-7-12/h1,4-9H2,2-3H3/q+1. The van der Waals surface area contributed by atoms with E-state index in [1.165, 1.54) is 25.9 Å². The van der Waals surface area contributed by atoms with Crippen LogP contribution in [0.5, 0.6) is 0 Å². The summed E-state index contributed by atoms with van der Waals surface area (Å²) in [5, 5.41) is 0. The zero-order valence-electron chi connectivity index (χ0n) is 9.21. The quantitative estimate of drug-likeness (QED) is 0.387. The first kappa shape index (κ1) is 11.2. The van der Waals surface area contributed by atoms with Gasteiger partial charge in [0.1, 0.15) is 13.2 Å². The monoisotopic (exact) mass is 198 g/mol. The molecule has 1 saturated heterocycles. The summed E-state index contributed by atoms with van der Waals surface area (Å²) < 4.78 is 6.12. The molecule has 1 rings (SSSR count). The molecule has 0 radical (unpaired) electrons. The van der Waals surface area contributed by atoms with E-state index in [0.29, 0.717) is 12.2 Å². The highest BCUT2D eigenvalue weighted by atomic mass is 16.5. The lowest BCUT2D eigenvalue weighted by Gasteiger charge is -2.28. The number of nitrogens with zero attached hydrogens (tertiary/aromatic N) is 1. The van der Waals surface area contributed by atoms with Gasteiger partial charge < -0.3 is 9.22 Å². The first-order chi connectivity index (χ1) is 6.53. The second kappa shape index (κ2) is 4.60. The number of likely N-dealkylation sites (tertiary alicyclic amines) is 1. The largest absolute Gasteiger partial charge is 0.456 e. The molecule has 0 amide bonds. The van der Waals surface area contributed by atoms with Crippen molar-refractivity contribution in [2.45, 2.75) is 19.8 Å². The van der Waals surface area contributed by atoms with E-state index in [1.54, 1.807) is 6.92 Å². The van der Waals surface area contributed by atoms with Gasteiger partial charge in [0.2, 0.25) is 0 Å². The van der Waals surface area contributed by atoms with Gasteiger partial charge in [0.05, 0.1) is 20.1 Å². The zero-order valence-corrected chi connectivity index (χ0v) is 9.21. The van der Waals surface area contributed by atoms with Gasteiger partial charge in [-0.2, -0.15) is 0 Å². The van der Waals surface area contributed by atoms with Gasteiger partial charge in [-0.3, -0.25) is 0 Å². The van der Waals surface area contributed by atoms with Gasteiger partial charge >= 0.3 is 5.97 Å². The van der Waals surface area contributed by atoms with E-state index in [4.69, 9.17) is 4.74 Å². The van der Waals surface area contributed by atoms with E-state index in [1.807, 2.05) is 0 Å². The minimum absolute atomic E-state index is 0.268. The smallest absolute Gasteiger partial charge is 0.333 e. The molecule has 0 saturated carbocycles. The van der Waals surface area contributed by atoms with Gasteiger partial charge in [-0.1, -0.05) is 6.58 Å². The molecule has 0 aromatic carbocycles. The van der Waals surface area contributed by atoms with Gasteiger partial charge in [-0.25, -0.2) is 4.79 Å². The molecule has 80 valence electrons. The van der Waals surface area contributed by atoms with E-state index in [9.17, 15) is 4.79 Å². The molecule has 0 aromatic rings. The SMILES string of the molecule is C=C(C)C(=O)OCC[N+]1(C)CCCC1. The summed E-state index contributed by atoms with van der Waals surface area (Å²) in [5.74, 6) is -0.268. The van der Waals surface area contributed by atoms with Gasteiger partial charge in [0.15, 0.2) is 0 Å². The fourth-order valence-corrected chi connectivity index (χ4v) is 1.80. The fourth-order valence-electron chi connectivity index (χ4n) is 1.80. The van der Waals surface area contributed by atoms with Crippen molar-refractivity contribution in [2.75, 3.05) is 33.3 Å². The number of likely N-dealkylation sites (N-methyl/N-ethyl adjacent to an activating group) is 1. The number of hydrogen-bond donors (Lipinski definition) is 0. The van der Waals surface area contributed by atoms with Crippen molar-refractivity contribution in [1.29, 1.82) is 0 Å². The summed E-state index contributed by atoms with van der Waals surface area (Å²) >= 11 is 0. The summed E-state index contributed by atoms with van der Waals surface area (Å²) in [7, 11) is 2.22. The summed E-state index contributed by atoms with van der Waals surface area (Å²) in [6.07, 6.45) is 2.59. The van der Waals surface area contributed by atoms with Crippen LogP contribution in [-0.2, 0) is 9.53 Å². The number of ether oxygens (including phenoxy) is 1. The van der Waals surface area contributed by atoms with E-state index < -0.39 is 0 Å². The molecule has 0 atom stereocenters. The van der Waals surface area contributed by atoms with E-state index >= 15 is 0 Å². The van der Waals surface area contributed by atoms with Crippen LogP contribution in [0.3, 0.4) is 0 Å². The minimum Gasteiger partial charge on any atom is -0.456 e. The second-order valence-electron chi connectivity index (χ2n) is 4.41. The Morgan fingerprint density at radius 3 is 2.50 bits per heavy atom. The molecular weight excluding hydrogens is 178 g/mol. The number of hydrogen-bond acceptors (Lipinski definition) is 2. The lowest BCUT2D eigenvalue weighted by molar-refractivity contribution is -0.897. The van der Waals surface area contributed by atoms with Gasteiger partial charge in [-0.05, 0) is 6.92 Å². The normalized spacial score (nSPS) is 19.3. The van der Waals surface area contributed by atoms with Crippen LogP contribution in [0, 0.1) is 0 Å². The van der Waals surface area contributed by atoms with Crippen LogP contribution < -0.4 is 0 Å². The Morgan fingerprint density at radius 1 is 1.43 bits per heavy atom. The Morgan fingerprint density at radius 2 is 2.00 bits per heavy atom. The topological polar surface area (TPSA) is 26.3 Å². The third kappa shape index (κ3) is 3.14. The van der Waals surface area contributed by atoms with E-state index in [2.05, 4.69) is 13.6 Å². The van der Waals surface area contributed by atoms with Crippen molar-refractivity contribution in [3.05, 3.63) is 12.2 Å². The van der Waals surface area contributed by atoms with Crippen LogP contribution in [0.2, 0.25) is 0 Å². The third-order valence-electron chi connectivity index (χ3n) is 2.86. The molecule has 1 fully saturated rings. The number of esters is 1. The van der Waals surface area contributed by atoms with Crippen molar-refractivity contribution in [2.24, 2.45) is 0 Å². The van der Waals surface area contributed by atoms with Crippen LogP contribution in [0.15, 0.2) is 12.2 Å². The molecule has 0 spiro atoms. The van der Waals surface area contributed by atoms with Crippen LogP contribution in [0.1, 0.15) is 19.8 Å². The van der Waals surface area contributed by atoms with Gasteiger partial charge in [0, 0.05) is 18.4 Å². The number of carbonyl (C=O) groups is 1. The average Bonchev–Trinajstić information content (AvgIpc) is 2.52. The minimum atomic E-state index is -0.268. The first-order valence-electron chi connectivity index (χ1n) is 5.20. The lowest BCUT2D eigenvalue weighted by atomic mass is 10.4. The predicted molar refractivity (Wildman–Crippen MR) is 55.8 cm³/mol. The molecule has 3 nitrogen and oxygen atoms in total. The lowest BCUT2D eigenvalue weighted by Crippen LogP contribution is -2.43. The molecule has 1 aliphatic heterocycles. The van der Waals surface area contributed by atoms with Crippen LogP contribution in [-0.4, -0.2) is 43.7 Å². The Hall–Kier alpha value is -0.830. The van der Waals surface area contributed by atoms with E-state index in [0.717, 1.165) is 11.0 Å². The summed E-state index contributed by atoms with van der Waals surface area (Å²) in [6.45, 7) is 9.09. The summed E-state index contributed by atoms with van der Waals surface area (Å²) in [4.78, 5) is 11.1. The molecule has 0 aromatic heterocycles. The summed E-state index contributed by atoms with van der Waals surface area (Å²) in [5.41, 5.74) is 0.481. The zero-order chi connectivity index (χ0) is 10.6. The Bertz CT molecular complexity index is 229. The molecule has 0 N–H and O–H groups in total. The average molecular weight is 198 g/mol. The maximum Gasteiger partial charge on any atom is 0.333 e. The Balaban J connectivity index is 2.20. The Labute approximate surface area is 85.9 Å². The summed E-state index contributed by atoms with van der Waals surface area (Å²) in [6, 6.07) is 0. The van der Waals surface area contributed by atoms with Crippen molar-refractivity contribution >= 4 is 5.97 Å². The maximum absolute atomic E-state index is 11.1. The van der Waals surface area contributed by atoms with Crippen LogP contribution in [0.25, 0.3) is 0 Å². The van der Waals surface area contributed by atoms with Gasteiger partial charge in [-0.15, -0.1) is 0 Å². The molecule has 14 heavy (non-hydrogen) atoms. The molecule has 0 bridgehead atoms. The van der Waals surface area contributed by atoms with Crippen LogP contribution in [0.4, 0.5) is 0 Å². The molecule has 0 unspecified atom stereocenters. The Kier molecular flexibility index (Phi) is 3.69. The van der Waals surface area contributed by atoms with Gasteiger partial charge in [0.25, 0.3) is 0 Å². The molecule has 1 aliphatic rings. The van der Waals surface area contributed by atoms with E-state index in [-0.39, 0.29) is 5.97 Å². The van der Waals surface area contributed by atoms with Crippen molar-refractivity contribution in [3.8, 4) is 0 Å². The number of carbonyl (C=O) groups excluding carboxylic acids is 1. The molecule has 3 heteroatoms. The van der Waals surface area contributed by atoms with Crippen molar-refractivity contribution in [3.63, 3.8) is 0 Å². The highest BCUT2D eigenvalue weighted by Crippen LogP contribution is 2.15. The molecular formula is C11H20NO2+. The number of quaternary nitrogens is 1. The van der Waals surface area contributed by atoms with Crippen molar-refractivity contribution < 1.29 is 14.0 Å². The fraction of sp³-hybridized carbons (Fsp3) is 0.727. The molecule has 1 heterocycles. The highest BCUT2D eigenvalue weighted by Gasteiger charge is 2.26. The highest BCUT2D eigenvalue weighted by molar-refractivity contribution is 5.86. The first-order valence-corrected chi connectivity index (χ1v) is 5.20. The third-order valence-corrected chi connectivity index (χ3v) is 2.86.